The van der Waals surface area contributed by atoms with Crippen LogP contribution in [0, 0.1) is 0 Å². The maximum Gasteiger partial charge on any atom is 0.251 e. The first-order valence-electron chi connectivity index (χ1n) is 4.17. The summed E-state index contributed by atoms with van der Waals surface area (Å²) >= 11 is 0. The Balaban J connectivity index is 2.39. The van der Waals surface area contributed by atoms with Gasteiger partial charge in [-0.15, -0.1) is 0 Å². The first kappa shape index (κ1) is 8.50. The van der Waals surface area contributed by atoms with Gasteiger partial charge < -0.3 is 5.73 Å². The zero-order valence-electron chi connectivity index (χ0n) is 7.42. The fourth-order valence-electron chi connectivity index (χ4n) is 1.17. The predicted molar refractivity (Wildman–Crippen MR) is 52.1 cm³/mol. The van der Waals surface area contributed by atoms with E-state index in [-0.39, 0.29) is 0 Å². The Morgan fingerprint density at radius 2 is 2.00 bits per heavy atom. The monoisotopic (exact) mass is 187 g/mol. The van der Waals surface area contributed by atoms with E-state index < -0.39 is 5.91 Å². The number of hydrogen-bond donors (Lipinski definition) is 1. The van der Waals surface area contributed by atoms with Crippen molar-refractivity contribution in [1.82, 2.24) is 9.78 Å². The highest BCUT2D eigenvalue weighted by Gasteiger charge is 2.04. The average Bonchev–Trinajstić information content (AvgIpc) is 2.68. The van der Waals surface area contributed by atoms with Crippen molar-refractivity contribution in [3.63, 3.8) is 0 Å². The average molecular weight is 187 g/mol. The largest absolute Gasteiger partial charge is 0.366 e. The molecule has 14 heavy (non-hydrogen) atoms. The Morgan fingerprint density at radius 1 is 1.29 bits per heavy atom. The van der Waals surface area contributed by atoms with Crippen LogP contribution in [-0.2, 0) is 0 Å². The van der Waals surface area contributed by atoms with Crippen LogP contribution in [0.4, 0.5) is 0 Å². The van der Waals surface area contributed by atoms with E-state index in [1.54, 1.807) is 10.9 Å². The molecule has 0 aliphatic heterocycles. The lowest BCUT2D eigenvalue weighted by Gasteiger charge is -1.98. The van der Waals surface area contributed by atoms with E-state index in [2.05, 4.69) is 5.10 Å². The highest BCUT2D eigenvalue weighted by Crippen LogP contribution is 2.06. The first-order chi connectivity index (χ1) is 6.77. The van der Waals surface area contributed by atoms with Crippen molar-refractivity contribution in [2.45, 2.75) is 0 Å². The molecule has 1 heterocycles. The van der Waals surface area contributed by atoms with Gasteiger partial charge in [0.15, 0.2) is 0 Å². The fourth-order valence-corrected chi connectivity index (χ4v) is 1.17. The highest BCUT2D eigenvalue weighted by molar-refractivity contribution is 5.92. The second-order valence-electron chi connectivity index (χ2n) is 2.87. The molecule has 0 saturated heterocycles. The number of rotatable bonds is 2. The van der Waals surface area contributed by atoms with Crippen LogP contribution in [0.15, 0.2) is 42.7 Å². The Bertz CT molecular complexity index is 447. The zero-order valence-corrected chi connectivity index (χ0v) is 7.42. The number of hydrogen-bond acceptors (Lipinski definition) is 2. The molecule has 0 unspecified atom stereocenters. The number of primary amides is 1. The summed E-state index contributed by atoms with van der Waals surface area (Å²) in [7, 11) is 0. The SMILES string of the molecule is NC(=O)c1cnn(-c2ccccc2)c1. The summed E-state index contributed by atoms with van der Waals surface area (Å²) in [5.74, 6) is -0.466. The second kappa shape index (κ2) is 3.33. The van der Waals surface area contributed by atoms with Crippen molar-refractivity contribution >= 4 is 5.91 Å². The van der Waals surface area contributed by atoms with Crippen LogP contribution in [0.25, 0.3) is 5.69 Å². The predicted octanol–water partition coefficient (Wildman–Crippen LogP) is 0.971. The molecule has 1 amide bonds. The van der Waals surface area contributed by atoms with Gasteiger partial charge in [0.05, 0.1) is 17.4 Å². The van der Waals surface area contributed by atoms with Gasteiger partial charge in [0, 0.05) is 6.20 Å². The molecule has 0 radical (unpaired) electrons. The van der Waals surface area contributed by atoms with Crippen molar-refractivity contribution in [2.75, 3.05) is 0 Å². The Morgan fingerprint density at radius 3 is 2.57 bits per heavy atom. The number of nitrogens with zero attached hydrogens (tertiary/aromatic N) is 2. The van der Waals surface area contributed by atoms with Crippen molar-refractivity contribution in [1.29, 1.82) is 0 Å². The summed E-state index contributed by atoms with van der Waals surface area (Å²) in [5.41, 5.74) is 6.43. The molecule has 0 fully saturated rings. The molecule has 1 aromatic heterocycles. The van der Waals surface area contributed by atoms with Gasteiger partial charge >= 0.3 is 0 Å². The van der Waals surface area contributed by atoms with E-state index in [9.17, 15) is 4.79 Å². The van der Waals surface area contributed by atoms with Crippen molar-refractivity contribution in [3.05, 3.63) is 48.3 Å². The van der Waals surface area contributed by atoms with Crippen LogP contribution in [0.1, 0.15) is 10.4 Å². The van der Waals surface area contributed by atoms with Gasteiger partial charge in [-0.25, -0.2) is 4.68 Å². The number of nitrogens with two attached hydrogens (primary N) is 1. The molecular formula is C10H9N3O. The molecule has 2 aromatic rings. The van der Waals surface area contributed by atoms with Crippen molar-refractivity contribution < 1.29 is 4.79 Å². The third kappa shape index (κ3) is 1.50. The normalized spacial score (nSPS) is 10.0. The number of carbonyl (C=O) groups excluding carboxylic acids is 1. The lowest BCUT2D eigenvalue weighted by atomic mass is 10.3. The quantitative estimate of drug-likeness (QED) is 0.761. The molecule has 70 valence electrons. The zero-order chi connectivity index (χ0) is 9.97. The molecule has 2 rings (SSSR count). The van der Waals surface area contributed by atoms with Gasteiger partial charge in [-0.2, -0.15) is 5.10 Å². The molecule has 0 bridgehead atoms. The maximum atomic E-state index is 10.8. The third-order valence-electron chi connectivity index (χ3n) is 1.89. The minimum atomic E-state index is -0.466. The van der Waals surface area contributed by atoms with E-state index in [0.29, 0.717) is 5.56 Å². The van der Waals surface area contributed by atoms with Gasteiger partial charge in [0.2, 0.25) is 0 Å². The minimum absolute atomic E-state index is 0.411. The molecule has 4 heteroatoms. The smallest absolute Gasteiger partial charge is 0.251 e. The van der Waals surface area contributed by atoms with Crippen LogP contribution in [0.2, 0.25) is 0 Å². The lowest BCUT2D eigenvalue weighted by molar-refractivity contribution is 0.100. The van der Waals surface area contributed by atoms with E-state index in [1.165, 1.54) is 6.20 Å². The van der Waals surface area contributed by atoms with Crippen LogP contribution >= 0.6 is 0 Å². The topological polar surface area (TPSA) is 60.9 Å². The molecule has 0 spiro atoms. The summed E-state index contributed by atoms with van der Waals surface area (Å²) in [6.07, 6.45) is 3.06. The van der Waals surface area contributed by atoms with Gasteiger partial charge in [-0.05, 0) is 12.1 Å². The summed E-state index contributed by atoms with van der Waals surface area (Å²) in [6.45, 7) is 0. The molecule has 0 saturated carbocycles. The second-order valence-corrected chi connectivity index (χ2v) is 2.87. The van der Waals surface area contributed by atoms with E-state index >= 15 is 0 Å². The number of aromatic nitrogens is 2. The molecule has 0 atom stereocenters. The Kier molecular flexibility index (Phi) is 2.02. The number of carbonyl (C=O) groups is 1. The van der Waals surface area contributed by atoms with E-state index in [0.717, 1.165) is 5.69 Å². The fraction of sp³-hybridized carbons (Fsp3) is 0. The lowest BCUT2D eigenvalue weighted by Crippen LogP contribution is -2.09. The number of para-hydroxylation sites is 1. The van der Waals surface area contributed by atoms with Crippen LogP contribution in [0.3, 0.4) is 0 Å². The standard InChI is InChI=1S/C10H9N3O/c11-10(14)8-6-12-13(7-8)9-4-2-1-3-5-9/h1-7H,(H2,11,14). The summed E-state index contributed by atoms with van der Waals surface area (Å²) < 4.78 is 1.61. The van der Waals surface area contributed by atoms with E-state index in [1.807, 2.05) is 30.3 Å². The van der Waals surface area contributed by atoms with Gasteiger partial charge in [-0.3, -0.25) is 4.79 Å². The van der Waals surface area contributed by atoms with Gasteiger partial charge in [0.1, 0.15) is 0 Å². The number of amides is 1. The summed E-state index contributed by atoms with van der Waals surface area (Å²) in [4.78, 5) is 10.8. The minimum Gasteiger partial charge on any atom is -0.366 e. The van der Waals surface area contributed by atoms with Gasteiger partial charge in [0.25, 0.3) is 5.91 Å². The summed E-state index contributed by atoms with van der Waals surface area (Å²) in [5, 5.41) is 4.02. The Labute approximate surface area is 81.0 Å². The summed E-state index contributed by atoms with van der Waals surface area (Å²) in [6, 6.07) is 9.53. The molecule has 0 aliphatic rings. The highest BCUT2D eigenvalue weighted by atomic mass is 16.1. The molecular weight excluding hydrogens is 178 g/mol. The van der Waals surface area contributed by atoms with Crippen molar-refractivity contribution in [2.24, 2.45) is 5.73 Å². The molecule has 2 N–H and O–H groups in total. The third-order valence-corrected chi connectivity index (χ3v) is 1.89. The maximum absolute atomic E-state index is 10.8. The molecule has 4 nitrogen and oxygen atoms in total. The van der Waals surface area contributed by atoms with Gasteiger partial charge in [-0.1, -0.05) is 18.2 Å². The van der Waals surface area contributed by atoms with Crippen molar-refractivity contribution in [3.8, 4) is 5.69 Å². The molecule has 1 aromatic carbocycles. The first-order valence-corrected chi connectivity index (χ1v) is 4.17. The van der Waals surface area contributed by atoms with Crippen LogP contribution in [-0.4, -0.2) is 15.7 Å². The Hall–Kier alpha value is -2.10. The molecule has 0 aliphatic carbocycles. The number of benzene rings is 1. The van der Waals surface area contributed by atoms with Crippen LogP contribution < -0.4 is 5.73 Å². The van der Waals surface area contributed by atoms with Crippen LogP contribution in [0.5, 0.6) is 0 Å². The van der Waals surface area contributed by atoms with E-state index in [4.69, 9.17) is 5.73 Å².